The predicted molar refractivity (Wildman–Crippen MR) is 51.9 cm³/mol. The van der Waals surface area contributed by atoms with Gasteiger partial charge in [0.2, 0.25) is 0 Å². The summed E-state index contributed by atoms with van der Waals surface area (Å²) in [4.78, 5) is 10.4. The fourth-order valence-corrected chi connectivity index (χ4v) is 1.41. The Hall–Kier alpha value is -1.62. The lowest BCUT2D eigenvalue weighted by molar-refractivity contribution is 0.190. The molecule has 0 fully saturated rings. The number of carbonyl (C=O) groups is 1. The van der Waals surface area contributed by atoms with E-state index in [1.54, 1.807) is 13.0 Å². The minimum absolute atomic E-state index is 0.124. The highest BCUT2D eigenvalue weighted by atomic mass is 19.1. The van der Waals surface area contributed by atoms with E-state index in [1.165, 1.54) is 12.1 Å². The second kappa shape index (κ2) is 4.75. The summed E-state index contributed by atoms with van der Waals surface area (Å²) in [5.41, 5.74) is 0.568. The lowest BCUT2D eigenvalue weighted by Gasteiger charge is -2.15. The number of halogens is 1. The zero-order chi connectivity index (χ0) is 11.4. The van der Waals surface area contributed by atoms with Gasteiger partial charge in [-0.3, -0.25) is 0 Å². The van der Waals surface area contributed by atoms with E-state index < -0.39 is 24.6 Å². The van der Waals surface area contributed by atoms with Crippen molar-refractivity contribution >= 4 is 6.09 Å². The highest BCUT2D eigenvalue weighted by Gasteiger charge is 2.14. The topological polar surface area (TPSA) is 69.6 Å². The highest BCUT2D eigenvalue weighted by molar-refractivity contribution is 5.65. The molecule has 0 saturated heterocycles. The van der Waals surface area contributed by atoms with Crippen molar-refractivity contribution in [3.05, 3.63) is 35.1 Å². The van der Waals surface area contributed by atoms with Gasteiger partial charge < -0.3 is 15.5 Å². The molecule has 0 unspecified atom stereocenters. The average Bonchev–Trinajstić information content (AvgIpc) is 2.16. The predicted octanol–water partition coefficient (Wildman–Crippen LogP) is 1.65. The molecule has 5 heteroatoms. The molecule has 1 aromatic rings. The van der Waals surface area contributed by atoms with Gasteiger partial charge in [-0.1, -0.05) is 12.1 Å². The number of rotatable bonds is 3. The molecule has 1 atom stereocenters. The van der Waals surface area contributed by atoms with Crippen LogP contribution in [-0.4, -0.2) is 16.3 Å². The molecule has 0 bridgehead atoms. The van der Waals surface area contributed by atoms with Crippen molar-refractivity contribution in [1.29, 1.82) is 0 Å². The normalized spacial score (nSPS) is 12.2. The van der Waals surface area contributed by atoms with Crippen LogP contribution in [0.2, 0.25) is 0 Å². The molecule has 4 nitrogen and oxygen atoms in total. The maximum Gasteiger partial charge on any atom is 0.405 e. The molecular weight excluding hydrogens is 201 g/mol. The fourth-order valence-electron chi connectivity index (χ4n) is 1.41. The van der Waals surface area contributed by atoms with Crippen LogP contribution in [0.4, 0.5) is 9.18 Å². The molecule has 0 aliphatic heterocycles. The van der Waals surface area contributed by atoms with E-state index in [4.69, 9.17) is 10.2 Å². The van der Waals surface area contributed by atoms with Gasteiger partial charge in [-0.25, -0.2) is 9.18 Å². The third-order valence-electron chi connectivity index (χ3n) is 2.12. The third-order valence-corrected chi connectivity index (χ3v) is 2.12. The Balaban J connectivity index is 3.02. The monoisotopic (exact) mass is 213 g/mol. The first-order valence-corrected chi connectivity index (χ1v) is 4.44. The Labute approximate surface area is 86.4 Å². The van der Waals surface area contributed by atoms with Crippen LogP contribution in [-0.2, 0) is 6.61 Å². The molecule has 0 radical (unpaired) electrons. The van der Waals surface area contributed by atoms with Crippen LogP contribution in [0.25, 0.3) is 0 Å². The molecule has 15 heavy (non-hydrogen) atoms. The van der Waals surface area contributed by atoms with Gasteiger partial charge in [0.15, 0.2) is 0 Å². The SMILES string of the molecule is C[C@@H](NC(=O)O)c1cccc(F)c1CO. The van der Waals surface area contributed by atoms with E-state index >= 15 is 0 Å². The molecule has 3 N–H and O–H groups in total. The Bertz CT molecular complexity index is 368. The standard InChI is InChI=1S/C10H12FNO3/c1-6(12-10(14)15)7-3-2-4-9(11)8(7)5-13/h2-4,6,12-13H,5H2,1H3,(H,14,15)/t6-/m1/s1. The summed E-state index contributed by atoms with van der Waals surface area (Å²) >= 11 is 0. The van der Waals surface area contributed by atoms with E-state index in [0.717, 1.165) is 0 Å². The summed E-state index contributed by atoms with van der Waals surface area (Å²) in [6.45, 7) is 1.13. The first kappa shape index (κ1) is 11.5. The first-order chi connectivity index (χ1) is 7.06. The first-order valence-electron chi connectivity index (χ1n) is 4.44. The van der Waals surface area contributed by atoms with E-state index in [2.05, 4.69) is 5.32 Å². The van der Waals surface area contributed by atoms with Crippen molar-refractivity contribution in [2.75, 3.05) is 0 Å². The van der Waals surface area contributed by atoms with E-state index in [0.29, 0.717) is 5.56 Å². The molecule has 0 aliphatic carbocycles. The fraction of sp³-hybridized carbons (Fsp3) is 0.300. The average molecular weight is 213 g/mol. The van der Waals surface area contributed by atoms with Gasteiger partial charge in [0.25, 0.3) is 0 Å². The summed E-state index contributed by atoms with van der Waals surface area (Å²) in [7, 11) is 0. The van der Waals surface area contributed by atoms with Gasteiger partial charge in [0.05, 0.1) is 12.6 Å². The number of aliphatic hydroxyl groups excluding tert-OH is 1. The summed E-state index contributed by atoms with van der Waals surface area (Å²) in [6.07, 6.45) is -1.18. The van der Waals surface area contributed by atoms with E-state index in [9.17, 15) is 9.18 Å². The molecule has 0 heterocycles. The van der Waals surface area contributed by atoms with Gasteiger partial charge in [0, 0.05) is 5.56 Å². The van der Waals surface area contributed by atoms with E-state index in [-0.39, 0.29) is 5.56 Å². The van der Waals surface area contributed by atoms with Crippen LogP contribution in [0, 0.1) is 5.82 Å². The third kappa shape index (κ3) is 2.66. The largest absolute Gasteiger partial charge is 0.465 e. The number of benzene rings is 1. The van der Waals surface area contributed by atoms with Crippen molar-refractivity contribution in [1.82, 2.24) is 5.32 Å². The molecule has 1 rings (SSSR count). The summed E-state index contributed by atoms with van der Waals surface area (Å²) in [6, 6.07) is 3.72. The zero-order valence-corrected chi connectivity index (χ0v) is 8.20. The van der Waals surface area contributed by atoms with Crippen LogP contribution in [0.3, 0.4) is 0 Å². The number of nitrogens with one attached hydrogen (secondary N) is 1. The number of amides is 1. The summed E-state index contributed by atoms with van der Waals surface area (Å²) < 4.78 is 13.2. The van der Waals surface area contributed by atoms with Gasteiger partial charge in [-0.05, 0) is 18.6 Å². The van der Waals surface area contributed by atoms with Crippen molar-refractivity contribution in [3.8, 4) is 0 Å². The van der Waals surface area contributed by atoms with Crippen LogP contribution in [0.5, 0.6) is 0 Å². The van der Waals surface area contributed by atoms with Crippen molar-refractivity contribution in [2.45, 2.75) is 19.6 Å². The highest BCUT2D eigenvalue weighted by Crippen LogP contribution is 2.20. The Kier molecular flexibility index (Phi) is 3.62. The van der Waals surface area contributed by atoms with Gasteiger partial charge in [-0.15, -0.1) is 0 Å². The summed E-state index contributed by atoms with van der Waals surface area (Å²) in [5, 5.41) is 19.7. The smallest absolute Gasteiger partial charge is 0.405 e. The van der Waals surface area contributed by atoms with Crippen molar-refractivity contribution < 1.29 is 19.4 Å². The molecule has 0 spiro atoms. The Morgan fingerprint density at radius 2 is 2.27 bits per heavy atom. The number of aliphatic hydroxyl groups is 1. The maximum atomic E-state index is 13.2. The van der Waals surface area contributed by atoms with Crippen LogP contribution in [0.1, 0.15) is 24.1 Å². The lowest BCUT2D eigenvalue weighted by atomic mass is 10.0. The molecular formula is C10H12FNO3. The molecule has 0 aromatic heterocycles. The maximum absolute atomic E-state index is 13.2. The molecule has 1 amide bonds. The number of hydrogen-bond acceptors (Lipinski definition) is 2. The van der Waals surface area contributed by atoms with Gasteiger partial charge in [0.1, 0.15) is 5.82 Å². The Morgan fingerprint density at radius 1 is 1.60 bits per heavy atom. The van der Waals surface area contributed by atoms with Crippen LogP contribution in [0.15, 0.2) is 18.2 Å². The van der Waals surface area contributed by atoms with Crippen molar-refractivity contribution in [2.24, 2.45) is 0 Å². The molecule has 0 aliphatic rings. The molecule has 1 aromatic carbocycles. The van der Waals surface area contributed by atoms with Gasteiger partial charge in [-0.2, -0.15) is 0 Å². The summed E-state index contributed by atoms with van der Waals surface area (Å²) in [5.74, 6) is -0.533. The Morgan fingerprint density at radius 3 is 2.80 bits per heavy atom. The van der Waals surface area contributed by atoms with E-state index in [1.807, 2.05) is 0 Å². The van der Waals surface area contributed by atoms with Crippen molar-refractivity contribution in [3.63, 3.8) is 0 Å². The molecule has 0 saturated carbocycles. The second-order valence-electron chi connectivity index (χ2n) is 3.14. The van der Waals surface area contributed by atoms with Gasteiger partial charge >= 0.3 is 6.09 Å². The van der Waals surface area contributed by atoms with Crippen LogP contribution >= 0.6 is 0 Å². The lowest BCUT2D eigenvalue weighted by Crippen LogP contribution is -2.25. The second-order valence-corrected chi connectivity index (χ2v) is 3.14. The minimum Gasteiger partial charge on any atom is -0.465 e. The number of carboxylic acid groups (broad SMARTS) is 1. The quantitative estimate of drug-likeness (QED) is 0.715. The van der Waals surface area contributed by atoms with Crippen LogP contribution < -0.4 is 5.32 Å². The zero-order valence-electron chi connectivity index (χ0n) is 8.20. The molecule has 82 valence electrons. The number of hydrogen-bond donors (Lipinski definition) is 3. The minimum atomic E-state index is -1.18.